The highest BCUT2D eigenvalue weighted by Crippen LogP contribution is 2.23. The highest BCUT2D eigenvalue weighted by Gasteiger charge is 2.22. The van der Waals surface area contributed by atoms with E-state index in [0.717, 1.165) is 4.47 Å². The van der Waals surface area contributed by atoms with Gasteiger partial charge in [0.05, 0.1) is 4.90 Å². The highest BCUT2D eigenvalue weighted by molar-refractivity contribution is 9.10. The van der Waals surface area contributed by atoms with Crippen molar-refractivity contribution in [1.29, 1.82) is 0 Å². The lowest BCUT2D eigenvalue weighted by atomic mass is 10.1. The van der Waals surface area contributed by atoms with Crippen molar-refractivity contribution in [3.05, 3.63) is 58.1 Å². The van der Waals surface area contributed by atoms with E-state index in [1.807, 2.05) is 6.07 Å². The number of nitrogens with zero attached hydrogens (tertiary/aromatic N) is 1. The van der Waals surface area contributed by atoms with Crippen LogP contribution in [0.25, 0.3) is 0 Å². The van der Waals surface area contributed by atoms with E-state index in [2.05, 4.69) is 21.2 Å². The van der Waals surface area contributed by atoms with Crippen molar-refractivity contribution < 1.29 is 13.2 Å². The number of nitrogens with one attached hydrogen (secondary N) is 1. The lowest BCUT2D eigenvalue weighted by Gasteiger charge is -2.19. The van der Waals surface area contributed by atoms with Crippen LogP contribution in [0.5, 0.6) is 0 Å². The molecule has 0 saturated carbocycles. The quantitative estimate of drug-likeness (QED) is 0.760. The van der Waals surface area contributed by atoms with Gasteiger partial charge in [-0.15, -0.1) is 0 Å². The second kappa shape index (κ2) is 8.12. The molecule has 0 aliphatic carbocycles. The van der Waals surface area contributed by atoms with Gasteiger partial charge in [-0.3, -0.25) is 4.79 Å². The van der Waals surface area contributed by atoms with Gasteiger partial charge in [-0.1, -0.05) is 35.8 Å². The number of sulfonamides is 1. The molecule has 0 bridgehead atoms. The van der Waals surface area contributed by atoms with Gasteiger partial charge in [0.1, 0.15) is 0 Å². The molecule has 0 radical (unpaired) electrons. The van der Waals surface area contributed by atoms with Gasteiger partial charge in [0.25, 0.3) is 5.91 Å². The van der Waals surface area contributed by atoms with Crippen LogP contribution in [0.4, 0.5) is 5.69 Å². The number of hydrogen-bond acceptors (Lipinski definition) is 3. The molecule has 2 aromatic rings. The molecule has 2 aromatic carbocycles. The van der Waals surface area contributed by atoms with Gasteiger partial charge in [-0.05, 0) is 48.9 Å². The molecule has 5 nitrogen and oxygen atoms in total. The predicted octanol–water partition coefficient (Wildman–Crippen LogP) is 4.04. The summed E-state index contributed by atoms with van der Waals surface area (Å²) in [6.45, 7) is 6.22. The molecular formula is C18H21BrN2O3S. The Hall–Kier alpha value is -1.70. The summed E-state index contributed by atoms with van der Waals surface area (Å²) >= 11 is 3.34. The van der Waals surface area contributed by atoms with Gasteiger partial charge in [-0.25, -0.2) is 8.42 Å². The summed E-state index contributed by atoms with van der Waals surface area (Å²) in [5, 5.41) is 2.82. The van der Waals surface area contributed by atoms with Crippen molar-refractivity contribution in [2.24, 2.45) is 0 Å². The minimum absolute atomic E-state index is 0.231. The molecule has 0 aliphatic rings. The lowest BCUT2D eigenvalue weighted by Crippen LogP contribution is -2.30. The van der Waals surface area contributed by atoms with Gasteiger partial charge in [0, 0.05) is 28.8 Å². The molecule has 0 heterocycles. The molecule has 134 valence electrons. The van der Waals surface area contributed by atoms with Gasteiger partial charge in [0.2, 0.25) is 10.0 Å². The molecule has 0 spiro atoms. The van der Waals surface area contributed by atoms with Gasteiger partial charge in [0.15, 0.2) is 0 Å². The molecule has 1 amide bonds. The normalized spacial score (nSPS) is 11.6. The summed E-state index contributed by atoms with van der Waals surface area (Å²) in [6, 6.07) is 11.8. The first-order valence-corrected chi connectivity index (χ1v) is 10.2. The molecular weight excluding hydrogens is 404 g/mol. The number of rotatable bonds is 6. The minimum Gasteiger partial charge on any atom is -0.322 e. The Bertz CT molecular complexity index is 878. The minimum atomic E-state index is -3.51. The zero-order valence-corrected chi connectivity index (χ0v) is 16.8. The third-order valence-electron chi connectivity index (χ3n) is 3.88. The van der Waals surface area contributed by atoms with Crippen molar-refractivity contribution in [2.45, 2.75) is 25.7 Å². The Labute approximate surface area is 157 Å². The Balaban J connectivity index is 2.27. The van der Waals surface area contributed by atoms with Crippen molar-refractivity contribution >= 4 is 37.5 Å². The number of halogens is 1. The number of aryl methyl sites for hydroxylation is 1. The van der Waals surface area contributed by atoms with Gasteiger partial charge in [-0.2, -0.15) is 4.31 Å². The van der Waals surface area contributed by atoms with Crippen LogP contribution in [0.2, 0.25) is 0 Å². The number of amides is 1. The highest BCUT2D eigenvalue weighted by atomic mass is 79.9. The average Bonchev–Trinajstić information content (AvgIpc) is 2.57. The molecule has 0 aliphatic heterocycles. The summed E-state index contributed by atoms with van der Waals surface area (Å²) in [7, 11) is -3.51. The van der Waals surface area contributed by atoms with E-state index >= 15 is 0 Å². The summed E-state index contributed by atoms with van der Waals surface area (Å²) in [6.07, 6.45) is 0. The second-order valence-corrected chi connectivity index (χ2v) is 8.38. The molecule has 0 saturated heterocycles. The first kappa shape index (κ1) is 19.6. The fourth-order valence-corrected chi connectivity index (χ4v) is 4.42. The standard InChI is InChI=1S/C18H21BrN2O3S/c1-4-21(5-2)25(23,24)16-9-10-17(13(3)11-16)20-18(22)14-7-6-8-15(19)12-14/h6-12H,4-5H2,1-3H3,(H,20,22). The van der Waals surface area contributed by atoms with Crippen LogP contribution in [-0.2, 0) is 10.0 Å². The first-order valence-electron chi connectivity index (χ1n) is 7.97. The number of carbonyl (C=O) groups excluding carboxylic acids is 1. The monoisotopic (exact) mass is 424 g/mol. The molecule has 0 aromatic heterocycles. The van der Waals surface area contributed by atoms with Crippen LogP contribution in [0, 0.1) is 6.92 Å². The van der Waals surface area contributed by atoms with E-state index in [4.69, 9.17) is 0 Å². The maximum atomic E-state index is 12.6. The molecule has 7 heteroatoms. The smallest absolute Gasteiger partial charge is 0.255 e. The molecule has 2 rings (SSSR count). The van der Waals surface area contributed by atoms with Crippen molar-refractivity contribution in [3.63, 3.8) is 0 Å². The molecule has 1 N–H and O–H groups in total. The summed E-state index contributed by atoms with van der Waals surface area (Å²) in [4.78, 5) is 12.6. The van der Waals surface area contributed by atoms with Crippen LogP contribution in [-0.4, -0.2) is 31.7 Å². The third-order valence-corrected chi connectivity index (χ3v) is 6.42. The van der Waals surface area contributed by atoms with Gasteiger partial charge < -0.3 is 5.32 Å². The lowest BCUT2D eigenvalue weighted by molar-refractivity contribution is 0.102. The van der Waals surface area contributed by atoms with E-state index in [0.29, 0.717) is 29.9 Å². The number of anilines is 1. The number of benzene rings is 2. The first-order chi connectivity index (χ1) is 11.8. The third kappa shape index (κ3) is 4.48. The van der Waals surface area contributed by atoms with Crippen molar-refractivity contribution in [3.8, 4) is 0 Å². The molecule has 0 fully saturated rings. The second-order valence-electron chi connectivity index (χ2n) is 5.53. The predicted molar refractivity (Wildman–Crippen MR) is 103 cm³/mol. The Kier molecular flexibility index (Phi) is 6.37. The van der Waals surface area contributed by atoms with Crippen LogP contribution in [0.3, 0.4) is 0 Å². The fraction of sp³-hybridized carbons (Fsp3) is 0.278. The van der Waals surface area contributed by atoms with E-state index in [9.17, 15) is 13.2 Å². The SMILES string of the molecule is CCN(CC)S(=O)(=O)c1ccc(NC(=O)c2cccc(Br)c2)c(C)c1. The molecule has 0 unspecified atom stereocenters. The Morgan fingerprint density at radius 2 is 1.80 bits per heavy atom. The summed E-state index contributed by atoms with van der Waals surface area (Å²) in [5.41, 5.74) is 1.80. The Morgan fingerprint density at radius 1 is 1.12 bits per heavy atom. The largest absolute Gasteiger partial charge is 0.322 e. The number of hydrogen-bond donors (Lipinski definition) is 1. The van der Waals surface area contributed by atoms with Crippen LogP contribution < -0.4 is 5.32 Å². The van der Waals surface area contributed by atoms with Crippen LogP contribution in [0.15, 0.2) is 51.8 Å². The maximum Gasteiger partial charge on any atom is 0.255 e. The zero-order chi connectivity index (χ0) is 18.6. The zero-order valence-electron chi connectivity index (χ0n) is 14.4. The topological polar surface area (TPSA) is 66.5 Å². The van der Waals surface area contributed by atoms with Gasteiger partial charge >= 0.3 is 0 Å². The van der Waals surface area contributed by atoms with Crippen molar-refractivity contribution in [1.82, 2.24) is 4.31 Å². The van der Waals surface area contributed by atoms with Crippen LogP contribution in [0.1, 0.15) is 29.8 Å². The Morgan fingerprint density at radius 3 is 2.36 bits per heavy atom. The van der Waals surface area contributed by atoms with E-state index in [-0.39, 0.29) is 10.8 Å². The maximum absolute atomic E-state index is 12.6. The van der Waals surface area contributed by atoms with Crippen molar-refractivity contribution in [2.75, 3.05) is 18.4 Å². The number of carbonyl (C=O) groups is 1. The molecule has 25 heavy (non-hydrogen) atoms. The molecule has 0 atom stereocenters. The van der Waals surface area contributed by atoms with E-state index in [1.165, 1.54) is 10.4 Å². The van der Waals surface area contributed by atoms with E-state index < -0.39 is 10.0 Å². The summed E-state index contributed by atoms with van der Waals surface area (Å²) in [5.74, 6) is -0.247. The fourth-order valence-electron chi connectivity index (χ4n) is 2.47. The average molecular weight is 425 g/mol. The van der Waals surface area contributed by atoms with E-state index in [1.54, 1.807) is 51.1 Å². The summed E-state index contributed by atoms with van der Waals surface area (Å²) < 4.78 is 27.4. The van der Waals surface area contributed by atoms with Crippen LogP contribution >= 0.6 is 15.9 Å².